The molecule has 104 valence electrons. The van der Waals surface area contributed by atoms with Gasteiger partial charge in [-0.05, 0) is 31.0 Å². The maximum absolute atomic E-state index is 12.1. The number of carbonyl (C=O) groups is 1. The number of sulfonamides is 1. The van der Waals surface area contributed by atoms with E-state index in [4.69, 9.17) is 0 Å². The van der Waals surface area contributed by atoms with Crippen molar-refractivity contribution in [3.05, 3.63) is 29.8 Å². The van der Waals surface area contributed by atoms with Gasteiger partial charge in [0, 0.05) is 5.69 Å². The summed E-state index contributed by atoms with van der Waals surface area (Å²) in [5.74, 6) is -0.484. The van der Waals surface area contributed by atoms with Crippen LogP contribution >= 0.6 is 0 Å². The molecule has 0 amide bonds. The number of rotatable bonds is 4. The van der Waals surface area contributed by atoms with Crippen molar-refractivity contribution in [3.63, 3.8) is 0 Å². The fourth-order valence-electron chi connectivity index (χ4n) is 2.27. The summed E-state index contributed by atoms with van der Waals surface area (Å²) in [6.45, 7) is 0. The second-order valence-corrected chi connectivity index (χ2v) is 6.59. The molecule has 0 saturated heterocycles. The molecule has 0 atom stereocenters. The number of hydrogen-bond donors (Lipinski definition) is 1. The van der Waals surface area contributed by atoms with Gasteiger partial charge in [-0.25, -0.2) is 13.2 Å². The minimum atomic E-state index is -3.36. The van der Waals surface area contributed by atoms with Gasteiger partial charge in [-0.2, -0.15) is 0 Å². The van der Waals surface area contributed by atoms with Crippen molar-refractivity contribution in [1.82, 2.24) is 0 Å². The van der Waals surface area contributed by atoms with Gasteiger partial charge >= 0.3 is 5.97 Å². The number of carbonyl (C=O) groups excluding carboxylic acids is 1. The number of ether oxygens (including phenoxy) is 1. The molecular formula is C13H17NO4S. The molecule has 1 aliphatic carbocycles. The van der Waals surface area contributed by atoms with Crippen molar-refractivity contribution < 1.29 is 17.9 Å². The second-order valence-electron chi connectivity index (χ2n) is 4.63. The molecule has 0 radical (unpaired) electrons. The van der Waals surface area contributed by atoms with E-state index in [-0.39, 0.29) is 5.25 Å². The first-order chi connectivity index (χ1) is 9.03. The molecule has 1 aliphatic rings. The highest BCUT2D eigenvalue weighted by atomic mass is 32.2. The van der Waals surface area contributed by atoms with Crippen molar-refractivity contribution in [2.45, 2.75) is 30.9 Å². The molecule has 2 rings (SSSR count). The Hall–Kier alpha value is -1.56. The Morgan fingerprint density at radius 3 is 2.63 bits per heavy atom. The standard InChI is InChI=1S/C13H17NO4S/c1-18-13(15)10-5-4-6-11(9-10)14-19(16,17)12-7-2-3-8-12/h4-6,9,12,14H,2-3,7-8H2,1H3. The van der Waals surface area contributed by atoms with E-state index in [0.717, 1.165) is 12.8 Å². The topological polar surface area (TPSA) is 72.5 Å². The van der Waals surface area contributed by atoms with E-state index in [2.05, 4.69) is 9.46 Å². The van der Waals surface area contributed by atoms with Crippen LogP contribution in [0, 0.1) is 0 Å². The summed E-state index contributed by atoms with van der Waals surface area (Å²) >= 11 is 0. The van der Waals surface area contributed by atoms with E-state index < -0.39 is 16.0 Å². The molecule has 6 heteroatoms. The number of methoxy groups -OCH3 is 1. The molecule has 0 aliphatic heterocycles. The van der Waals surface area contributed by atoms with Gasteiger partial charge in [-0.1, -0.05) is 18.9 Å². The summed E-state index contributed by atoms with van der Waals surface area (Å²) in [7, 11) is -2.07. The number of hydrogen-bond acceptors (Lipinski definition) is 4. The number of nitrogens with one attached hydrogen (secondary N) is 1. The minimum Gasteiger partial charge on any atom is -0.465 e. The van der Waals surface area contributed by atoms with E-state index in [1.54, 1.807) is 18.2 Å². The summed E-state index contributed by atoms with van der Waals surface area (Å²) in [5, 5.41) is -0.325. The summed E-state index contributed by atoms with van der Waals surface area (Å²) in [4.78, 5) is 11.4. The zero-order valence-electron chi connectivity index (χ0n) is 10.8. The van der Waals surface area contributed by atoms with E-state index in [1.807, 2.05) is 0 Å². The Labute approximate surface area is 113 Å². The largest absolute Gasteiger partial charge is 0.465 e. The van der Waals surface area contributed by atoms with E-state index >= 15 is 0 Å². The Morgan fingerprint density at radius 2 is 2.00 bits per heavy atom. The summed E-state index contributed by atoms with van der Waals surface area (Å²) in [5.41, 5.74) is 0.726. The molecule has 1 fully saturated rings. The van der Waals surface area contributed by atoms with Gasteiger partial charge in [0.2, 0.25) is 10.0 Å². The molecule has 0 heterocycles. The van der Waals surface area contributed by atoms with Crippen molar-refractivity contribution >= 4 is 21.7 Å². The normalized spacial score (nSPS) is 16.3. The monoisotopic (exact) mass is 283 g/mol. The lowest BCUT2D eigenvalue weighted by Gasteiger charge is -2.13. The summed E-state index contributed by atoms with van der Waals surface area (Å²) < 4.78 is 31.4. The van der Waals surface area contributed by atoms with E-state index in [1.165, 1.54) is 13.2 Å². The van der Waals surface area contributed by atoms with Crippen LogP contribution in [0.25, 0.3) is 0 Å². The van der Waals surface area contributed by atoms with Crippen molar-refractivity contribution in [2.24, 2.45) is 0 Å². The highest BCUT2D eigenvalue weighted by molar-refractivity contribution is 7.93. The third-order valence-electron chi connectivity index (χ3n) is 3.28. The molecule has 0 unspecified atom stereocenters. The van der Waals surface area contributed by atoms with Gasteiger partial charge < -0.3 is 4.74 Å². The van der Waals surface area contributed by atoms with E-state index in [0.29, 0.717) is 24.1 Å². The average molecular weight is 283 g/mol. The molecule has 1 saturated carbocycles. The van der Waals surface area contributed by atoms with Crippen molar-refractivity contribution in [3.8, 4) is 0 Å². The van der Waals surface area contributed by atoms with Crippen molar-refractivity contribution in [1.29, 1.82) is 0 Å². The lowest BCUT2D eigenvalue weighted by atomic mass is 10.2. The molecule has 1 N–H and O–H groups in total. The van der Waals surface area contributed by atoms with Gasteiger partial charge in [0.25, 0.3) is 0 Å². The minimum absolute atomic E-state index is 0.325. The molecule has 0 bridgehead atoms. The third-order valence-corrected chi connectivity index (χ3v) is 5.15. The maximum Gasteiger partial charge on any atom is 0.337 e. The smallest absolute Gasteiger partial charge is 0.337 e. The zero-order chi connectivity index (χ0) is 13.9. The van der Waals surface area contributed by atoms with Crippen LogP contribution in [-0.4, -0.2) is 26.7 Å². The highest BCUT2D eigenvalue weighted by Gasteiger charge is 2.28. The molecule has 0 aromatic heterocycles. The predicted octanol–water partition coefficient (Wildman–Crippen LogP) is 2.16. The van der Waals surface area contributed by atoms with Gasteiger partial charge in [-0.3, -0.25) is 4.72 Å². The Balaban J connectivity index is 2.16. The first kappa shape index (κ1) is 13.9. The van der Waals surface area contributed by atoms with Gasteiger partial charge in [0.1, 0.15) is 0 Å². The van der Waals surface area contributed by atoms with Crippen LogP contribution < -0.4 is 4.72 Å². The van der Waals surface area contributed by atoms with Crippen LogP contribution in [0.15, 0.2) is 24.3 Å². The first-order valence-electron chi connectivity index (χ1n) is 6.23. The van der Waals surface area contributed by atoms with Crippen LogP contribution in [0.3, 0.4) is 0 Å². The fourth-order valence-corrected chi connectivity index (χ4v) is 3.85. The average Bonchev–Trinajstić information content (AvgIpc) is 2.92. The highest BCUT2D eigenvalue weighted by Crippen LogP contribution is 2.26. The zero-order valence-corrected chi connectivity index (χ0v) is 11.6. The maximum atomic E-state index is 12.1. The first-order valence-corrected chi connectivity index (χ1v) is 7.77. The molecule has 1 aromatic rings. The summed E-state index contributed by atoms with van der Waals surface area (Å²) in [6.07, 6.45) is 3.31. The van der Waals surface area contributed by atoms with Crippen molar-refractivity contribution in [2.75, 3.05) is 11.8 Å². The quantitative estimate of drug-likeness (QED) is 0.859. The summed E-state index contributed by atoms with van der Waals surface area (Å²) in [6, 6.07) is 6.31. The van der Waals surface area contributed by atoms with Gasteiger partial charge in [-0.15, -0.1) is 0 Å². The SMILES string of the molecule is COC(=O)c1cccc(NS(=O)(=O)C2CCCC2)c1. The lowest BCUT2D eigenvalue weighted by molar-refractivity contribution is 0.0601. The van der Waals surface area contributed by atoms with Gasteiger partial charge in [0.15, 0.2) is 0 Å². The molecule has 5 nitrogen and oxygen atoms in total. The molecular weight excluding hydrogens is 266 g/mol. The van der Waals surface area contributed by atoms with Crippen LogP contribution in [0.4, 0.5) is 5.69 Å². The lowest BCUT2D eigenvalue weighted by Crippen LogP contribution is -2.25. The second kappa shape index (κ2) is 5.61. The van der Waals surface area contributed by atoms with Crippen LogP contribution in [0.1, 0.15) is 36.0 Å². The van der Waals surface area contributed by atoms with Crippen LogP contribution in [-0.2, 0) is 14.8 Å². The van der Waals surface area contributed by atoms with Crippen LogP contribution in [0.5, 0.6) is 0 Å². The Kier molecular flexibility index (Phi) is 4.09. The molecule has 19 heavy (non-hydrogen) atoms. The number of esters is 1. The Morgan fingerprint density at radius 1 is 1.32 bits per heavy atom. The predicted molar refractivity (Wildman–Crippen MR) is 72.6 cm³/mol. The van der Waals surface area contributed by atoms with Gasteiger partial charge in [0.05, 0.1) is 17.9 Å². The molecule has 0 spiro atoms. The number of benzene rings is 1. The third kappa shape index (κ3) is 3.26. The Bertz CT molecular complexity index is 562. The fraction of sp³-hybridized carbons (Fsp3) is 0.462. The van der Waals surface area contributed by atoms with Crippen LogP contribution in [0.2, 0.25) is 0 Å². The number of anilines is 1. The van der Waals surface area contributed by atoms with E-state index in [9.17, 15) is 13.2 Å². The molecule has 1 aromatic carbocycles.